The summed E-state index contributed by atoms with van der Waals surface area (Å²) in [4.78, 5) is 39.8. The molecule has 3 aliphatic rings. The first-order chi connectivity index (χ1) is 13.2. The number of amides is 2. The Labute approximate surface area is 159 Å². The molecule has 8 nitrogen and oxygen atoms in total. The second kappa shape index (κ2) is 8.21. The third-order valence-corrected chi connectivity index (χ3v) is 5.83. The topological polar surface area (TPSA) is 78.9 Å². The molecule has 0 N–H and O–H groups in total. The fourth-order valence-electron chi connectivity index (χ4n) is 4.19. The molecule has 0 spiro atoms. The Morgan fingerprint density at radius 3 is 2.30 bits per heavy atom. The van der Waals surface area contributed by atoms with Crippen LogP contribution in [0.5, 0.6) is 0 Å². The molecule has 0 saturated carbocycles. The van der Waals surface area contributed by atoms with Gasteiger partial charge in [0.15, 0.2) is 0 Å². The summed E-state index contributed by atoms with van der Waals surface area (Å²) in [5.74, 6) is 1.24. The van der Waals surface area contributed by atoms with Crippen LogP contribution in [0.2, 0.25) is 0 Å². The van der Waals surface area contributed by atoms with Crippen molar-refractivity contribution in [1.29, 1.82) is 0 Å². The first-order valence-corrected chi connectivity index (χ1v) is 9.92. The van der Waals surface area contributed by atoms with Crippen LogP contribution < -0.4 is 4.90 Å². The van der Waals surface area contributed by atoms with Gasteiger partial charge in [0.05, 0.1) is 6.20 Å². The summed E-state index contributed by atoms with van der Waals surface area (Å²) in [6.45, 7) is 4.99. The molecule has 1 atom stereocenters. The van der Waals surface area contributed by atoms with Crippen LogP contribution in [-0.4, -0.2) is 83.6 Å². The maximum Gasteiger partial charge on any atom is 0.251 e. The van der Waals surface area contributed by atoms with Crippen LogP contribution >= 0.6 is 0 Å². The van der Waals surface area contributed by atoms with Crippen LogP contribution in [0.4, 0.5) is 5.82 Å². The van der Waals surface area contributed by atoms with Crippen molar-refractivity contribution in [2.24, 2.45) is 5.92 Å². The third kappa shape index (κ3) is 4.05. The average Bonchev–Trinajstić information content (AvgIpc) is 3.28. The molecular weight excluding hydrogens is 346 g/mol. The lowest BCUT2D eigenvalue weighted by Crippen LogP contribution is -2.52. The first kappa shape index (κ1) is 18.2. The van der Waals surface area contributed by atoms with Gasteiger partial charge < -0.3 is 19.4 Å². The minimum atomic E-state index is -0.258. The van der Waals surface area contributed by atoms with E-state index < -0.39 is 0 Å². The largest absolute Gasteiger partial charge is 0.368 e. The van der Waals surface area contributed by atoms with Gasteiger partial charge in [-0.25, -0.2) is 4.98 Å². The van der Waals surface area contributed by atoms with Gasteiger partial charge in [0.1, 0.15) is 11.9 Å². The Bertz CT molecular complexity index is 649. The van der Waals surface area contributed by atoms with Crippen molar-refractivity contribution in [3.63, 3.8) is 0 Å². The number of hydrogen-bond donors (Lipinski definition) is 0. The summed E-state index contributed by atoms with van der Waals surface area (Å²) in [5.41, 5.74) is 0. The maximum atomic E-state index is 12.9. The van der Waals surface area contributed by atoms with Gasteiger partial charge in [-0.05, 0) is 25.7 Å². The summed E-state index contributed by atoms with van der Waals surface area (Å²) in [6, 6.07) is 0. The maximum absolute atomic E-state index is 12.9. The van der Waals surface area contributed by atoms with Crippen molar-refractivity contribution in [3.8, 4) is 0 Å². The minimum Gasteiger partial charge on any atom is -0.368 e. The van der Waals surface area contributed by atoms with Gasteiger partial charge in [0, 0.05) is 64.2 Å². The molecule has 0 bridgehead atoms. The van der Waals surface area contributed by atoms with E-state index in [2.05, 4.69) is 14.9 Å². The van der Waals surface area contributed by atoms with E-state index in [1.807, 2.05) is 9.80 Å². The number of aromatic nitrogens is 2. The second-order valence-electron chi connectivity index (χ2n) is 7.48. The molecule has 1 aromatic heterocycles. The van der Waals surface area contributed by atoms with Crippen molar-refractivity contribution in [2.45, 2.75) is 31.8 Å². The van der Waals surface area contributed by atoms with Gasteiger partial charge in [-0.3, -0.25) is 14.6 Å². The molecule has 4 rings (SSSR count). The number of ether oxygens (including phenoxy) is 1. The number of nitrogens with zero attached hydrogens (tertiary/aromatic N) is 5. The van der Waals surface area contributed by atoms with Gasteiger partial charge in [-0.2, -0.15) is 0 Å². The molecule has 8 heteroatoms. The van der Waals surface area contributed by atoms with Gasteiger partial charge in [0.2, 0.25) is 5.91 Å². The summed E-state index contributed by atoms with van der Waals surface area (Å²) >= 11 is 0. The van der Waals surface area contributed by atoms with E-state index in [4.69, 9.17) is 4.74 Å². The van der Waals surface area contributed by atoms with Crippen molar-refractivity contribution in [2.75, 3.05) is 50.8 Å². The zero-order valence-electron chi connectivity index (χ0n) is 15.6. The van der Waals surface area contributed by atoms with E-state index in [-0.39, 0.29) is 23.8 Å². The normalized spacial score (nSPS) is 24.3. The lowest BCUT2D eigenvalue weighted by atomic mass is 9.94. The van der Waals surface area contributed by atoms with E-state index >= 15 is 0 Å². The fourth-order valence-corrected chi connectivity index (χ4v) is 4.19. The molecular formula is C19H27N5O3. The zero-order chi connectivity index (χ0) is 18.6. The van der Waals surface area contributed by atoms with Gasteiger partial charge in [-0.15, -0.1) is 0 Å². The second-order valence-corrected chi connectivity index (χ2v) is 7.48. The Hall–Kier alpha value is -2.22. The summed E-state index contributed by atoms with van der Waals surface area (Å²) in [7, 11) is 0. The number of carbonyl (C=O) groups is 2. The van der Waals surface area contributed by atoms with E-state index in [0.29, 0.717) is 32.8 Å². The quantitative estimate of drug-likeness (QED) is 0.770. The van der Waals surface area contributed by atoms with E-state index in [9.17, 15) is 9.59 Å². The predicted molar refractivity (Wildman–Crippen MR) is 99.1 cm³/mol. The number of likely N-dealkylation sites (tertiary alicyclic amines) is 1. The molecule has 0 aliphatic carbocycles. The van der Waals surface area contributed by atoms with Gasteiger partial charge in [-0.1, -0.05) is 0 Å². The summed E-state index contributed by atoms with van der Waals surface area (Å²) in [6.07, 6.45) is 8.16. The molecule has 1 aromatic rings. The Balaban J connectivity index is 1.24. The van der Waals surface area contributed by atoms with Crippen molar-refractivity contribution in [1.82, 2.24) is 19.8 Å². The predicted octanol–water partition coefficient (Wildman–Crippen LogP) is 0.543. The molecule has 146 valence electrons. The van der Waals surface area contributed by atoms with Crippen LogP contribution in [0.15, 0.2) is 18.6 Å². The number of carbonyl (C=O) groups excluding carboxylic acids is 2. The highest BCUT2D eigenvalue weighted by Crippen LogP contribution is 2.23. The minimum absolute atomic E-state index is 0.0293. The fraction of sp³-hybridized carbons (Fsp3) is 0.684. The lowest BCUT2D eigenvalue weighted by molar-refractivity contribution is -0.146. The van der Waals surface area contributed by atoms with Crippen molar-refractivity contribution in [3.05, 3.63) is 18.6 Å². The van der Waals surface area contributed by atoms with Gasteiger partial charge in [0.25, 0.3) is 5.91 Å². The van der Waals surface area contributed by atoms with Crippen LogP contribution in [0.25, 0.3) is 0 Å². The third-order valence-electron chi connectivity index (χ3n) is 5.83. The molecule has 0 unspecified atom stereocenters. The smallest absolute Gasteiger partial charge is 0.251 e. The number of piperazine rings is 1. The Morgan fingerprint density at radius 2 is 1.67 bits per heavy atom. The molecule has 27 heavy (non-hydrogen) atoms. The molecule has 3 aliphatic heterocycles. The van der Waals surface area contributed by atoms with Crippen LogP contribution in [0, 0.1) is 5.92 Å². The lowest BCUT2D eigenvalue weighted by Gasteiger charge is -2.39. The standard InChI is InChI=1S/C19H27N5O3/c25-18(24-11-9-22(10-12-24)17-14-20-5-6-21-17)15-3-7-23(8-4-15)19(26)16-2-1-13-27-16/h5-6,14-16H,1-4,7-13H2/t16-/m0/s1. The van der Waals surface area contributed by atoms with Gasteiger partial charge >= 0.3 is 0 Å². The van der Waals surface area contributed by atoms with Crippen LogP contribution in [0.3, 0.4) is 0 Å². The molecule has 2 amide bonds. The highest BCUT2D eigenvalue weighted by atomic mass is 16.5. The molecule has 0 radical (unpaired) electrons. The molecule has 3 fully saturated rings. The van der Waals surface area contributed by atoms with E-state index in [1.165, 1.54) is 0 Å². The first-order valence-electron chi connectivity index (χ1n) is 9.92. The molecule has 3 saturated heterocycles. The SMILES string of the molecule is O=C(C1CCN(C(=O)[C@@H]2CCCO2)CC1)N1CCN(c2cnccn2)CC1. The van der Waals surface area contributed by atoms with Crippen molar-refractivity contribution < 1.29 is 14.3 Å². The number of hydrogen-bond acceptors (Lipinski definition) is 6. The summed E-state index contributed by atoms with van der Waals surface area (Å²) < 4.78 is 5.50. The molecule has 4 heterocycles. The monoisotopic (exact) mass is 373 g/mol. The Morgan fingerprint density at radius 1 is 0.926 bits per heavy atom. The molecule has 0 aromatic carbocycles. The number of anilines is 1. The number of rotatable bonds is 3. The van der Waals surface area contributed by atoms with Crippen molar-refractivity contribution >= 4 is 17.6 Å². The van der Waals surface area contributed by atoms with Crippen LogP contribution in [0.1, 0.15) is 25.7 Å². The number of piperidine rings is 1. The van der Waals surface area contributed by atoms with Crippen LogP contribution in [-0.2, 0) is 14.3 Å². The highest BCUT2D eigenvalue weighted by Gasteiger charge is 2.34. The highest BCUT2D eigenvalue weighted by molar-refractivity contribution is 5.82. The zero-order valence-corrected chi connectivity index (χ0v) is 15.6. The Kier molecular flexibility index (Phi) is 5.52. The summed E-state index contributed by atoms with van der Waals surface area (Å²) in [5, 5.41) is 0. The van der Waals surface area contributed by atoms with E-state index in [0.717, 1.165) is 44.6 Å². The average molecular weight is 373 g/mol. The van der Waals surface area contributed by atoms with E-state index in [1.54, 1.807) is 18.6 Å².